The van der Waals surface area contributed by atoms with E-state index in [9.17, 15) is 9.59 Å². The quantitative estimate of drug-likeness (QED) is 0.390. The van der Waals surface area contributed by atoms with Gasteiger partial charge in [0.2, 0.25) is 0 Å². The van der Waals surface area contributed by atoms with Crippen LogP contribution in [0, 0.1) is 3.57 Å². The van der Waals surface area contributed by atoms with Gasteiger partial charge in [0, 0.05) is 30.6 Å². The lowest BCUT2D eigenvalue weighted by Crippen LogP contribution is -2.18. The highest BCUT2D eigenvalue weighted by Gasteiger charge is 2.20. The first-order valence-corrected chi connectivity index (χ1v) is 9.16. The Hall–Kier alpha value is -1.19. The molecular weight excluding hydrogens is 439 g/mol. The first-order chi connectivity index (χ1) is 11.9. The second-order valence-electron chi connectivity index (χ2n) is 5.63. The van der Waals surface area contributed by atoms with E-state index in [1.165, 1.54) is 0 Å². The van der Waals surface area contributed by atoms with Gasteiger partial charge < -0.3 is 18.9 Å². The summed E-state index contributed by atoms with van der Waals surface area (Å²) in [5.74, 6) is -1.09. The second-order valence-corrected chi connectivity index (χ2v) is 6.88. The van der Waals surface area contributed by atoms with Gasteiger partial charge in [0.05, 0.1) is 36.5 Å². The minimum atomic E-state index is -0.545. The molecule has 7 heteroatoms. The lowest BCUT2D eigenvalue weighted by Gasteiger charge is -2.13. The van der Waals surface area contributed by atoms with Crippen molar-refractivity contribution in [3.63, 3.8) is 0 Å². The molecule has 6 nitrogen and oxygen atoms in total. The number of rotatable bonds is 10. The van der Waals surface area contributed by atoms with Crippen molar-refractivity contribution < 1.29 is 28.5 Å². The van der Waals surface area contributed by atoms with Gasteiger partial charge in [-0.2, -0.15) is 0 Å². The number of esters is 2. The zero-order chi connectivity index (χ0) is 18.8. The van der Waals surface area contributed by atoms with Gasteiger partial charge in [0.25, 0.3) is 0 Å². The van der Waals surface area contributed by atoms with E-state index in [-0.39, 0.29) is 36.5 Å². The number of benzene rings is 1. The summed E-state index contributed by atoms with van der Waals surface area (Å²) >= 11 is 2.08. The van der Waals surface area contributed by atoms with Gasteiger partial charge in [0.15, 0.2) is 0 Å². The zero-order valence-electron chi connectivity index (χ0n) is 15.0. The van der Waals surface area contributed by atoms with Crippen molar-refractivity contribution in [2.24, 2.45) is 0 Å². The summed E-state index contributed by atoms with van der Waals surface area (Å²) in [6, 6.07) is 4.95. The molecule has 1 rings (SSSR count). The Morgan fingerprint density at radius 2 is 1.40 bits per heavy atom. The van der Waals surface area contributed by atoms with Crippen LogP contribution in [0.1, 0.15) is 47.4 Å². The molecule has 25 heavy (non-hydrogen) atoms. The van der Waals surface area contributed by atoms with Crippen LogP contribution in [0.15, 0.2) is 18.2 Å². The molecule has 0 aliphatic heterocycles. The van der Waals surface area contributed by atoms with E-state index in [0.717, 1.165) is 3.57 Å². The lowest BCUT2D eigenvalue weighted by atomic mass is 10.1. The Morgan fingerprint density at radius 1 is 0.920 bits per heavy atom. The predicted molar refractivity (Wildman–Crippen MR) is 102 cm³/mol. The van der Waals surface area contributed by atoms with E-state index in [4.69, 9.17) is 18.9 Å². The Kier molecular flexibility index (Phi) is 9.99. The molecule has 1 aromatic carbocycles. The molecule has 0 N–H and O–H groups in total. The second kappa shape index (κ2) is 11.4. The summed E-state index contributed by atoms with van der Waals surface area (Å²) in [6.45, 7) is 4.23. The van der Waals surface area contributed by atoms with E-state index in [2.05, 4.69) is 22.6 Å². The fraction of sp³-hybridized carbons (Fsp3) is 0.556. The molecule has 0 unspecified atom stereocenters. The molecule has 0 radical (unpaired) electrons. The molecule has 2 atom stereocenters. The number of carbonyl (C=O) groups excluding carboxylic acids is 2. The Labute approximate surface area is 162 Å². The molecule has 0 spiro atoms. The third kappa shape index (κ3) is 7.70. The van der Waals surface area contributed by atoms with E-state index in [1.807, 2.05) is 13.8 Å². The topological polar surface area (TPSA) is 71.1 Å². The van der Waals surface area contributed by atoms with Crippen LogP contribution in [0.4, 0.5) is 0 Å². The summed E-state index contributed by atoms with van der Waals surface area (Å²) in [5.41, 5.74) is 0.414. The van der Waals surface area contributed by atoms with Crippen molar-refractivity contribution in [2.75, 3.05) is 27.4 Å². The molecule has 1 aromatic rings. The summed E-state index contributed by atoms with van der Waals surface area (Å²) in [7, 11) is 3.20. The minimum absolute atomic E-state index is 0.00303. The Morgan fingerprint density at radius 3 is 1.88 bits per heavy atom. The average Bonchev–Trinajstić information content (AvgIpc) is 2.60. The standard InChI is InChI=1S/C18H25IO6/c1-12(22-3)7-9-24-17(20)15-6-5-14(19)11-16(15)18(21)25-10-8-13(2)23-4/h5-6,11-13H,7-10H2,1-4H3/t12-,13+/m0/s1. The van der Waals surface area contributed by atoms with Crippen LogP contribution in [0.3, 0.4) is 0 Å². The van der Waals surface area contributed by atoms with Crippen molar-refractivity contribution in [3.05, 3.63) is 32.9 Å². The SMILES string of the molecule is CO[C@H](C)CCOC(=O)c1cc(I)ccc1C(=O)OCC[C@H](C)OC. The molecular formula is C18H25IO6. The Balaban J connectivity index is 2.73. The summed E-state index contributed by atoms with van der Waals surface area (Å²) < 4.78 is 21.6. The van der Waals surface area contributed by atoms with E-state index < -0.39 is 11.9 Å². The van der Waals surface area contributed by atoms with Crippen molar-refractivity contribution in [3.8, 4) is 0 Å². The van der Waals surface area contributed by atoms with Crippen molar-refractivity contribution >= 4 is 34.5 Å². The van der Waals surface area contributed by atoms with Crippen LogP contribution in [0.2, 0.25) is 0 Å². The van der Waals surface area contributed by atoms with Crippen molar-refractivity contribution in [1.82, 2.24) is 0 Å². The fourth-order valence-electron chi connectivity index (χ4n) is 1.89. The van der Waals surface area contributed by atoms with Crippen LogP contribution < -0.4 is 0 Å². The number of halogens is 1. The first kappa shape index (κ1) is 21.9. The molecule has 0 aliphatic carbocycles. The molecule has 0 saturated heterocycles. The normalized spacial score (nSPS) is 13.2. The molecule has 0 aliphatic rings. The molecule has 140 valence electrons. The fourth-order valence-corrected chi connectivity index (χ4v) is 2.38. The lowest BCUT2D eigenvalue weighted by molar-refractivity contribution is 0.0347. The van der Waals surface area contributed by atoms with Gasteiger partial charge in [-0.05, 0) is 54.6 Å². The van der Waals surface area contributed by atoms with Gasteiger partial charge in [0.1, 0.15) is 0 Å². The highest BCUT2D eigenvalue weighted by Crippen LogP contribution is 2.17. The predicted octanol–water partition coefficient (Wildman–Crippen LogP) is 3.45. The highest BCUT2D eigenvalue weighted by atomic mass is 127. The third-order valence-corrected chi connectivity index (χ3v) is 4.41. The number of hydrogen-bond acceptors (Lipinski definition) is 6. The average molecular weight is 464 g/mol. The maximum atomic E-state index is 12.3. The van der Waals surface area contributed by atoms with Gasteiger partial charge in [-0.1, -0.05) is 0 Å². The van der Waals surface area contributed by atoms with Crippen LogP contribution in [0.25, 0.3) is 0 Å². The van der Waals surface area contributed by atoms with E-state index in [0.29, 0.717) is 12.8 Å². The molecule has 0 fully saturated rings. The van der Waals surface area contributed by atoms with Gasteiger partial charge in [-0.25, -0.2) is 9.59 Å². The van der Waals surface area contributed by atoms with Gasteiger partial charge in [-0.15, -0.1) is 0 Å². The molecule has 0 bridgehead atoms. The van der Waals surface area contributed by atoms with Crippen molar-refractivity contribution in [2.45, 2.75) is 38.9 Å². The van der Waals surface area contributed by atoms with Crippen LogP contribution >= 0.6 is 22.6 Å². The first-order valence-electron chi connectivity index (χ1n) is 8.08. The van der Waals surface area contributed by atoms with Gasteiger partial charge in [-0.3, -0.25) is 0 Å². The molecule has 0 saturated carbocycles. The Bertz CT molecular complexity index is 575. The van der Waals surface area contributed by atoms with E-state index >= 15 is 0 Å². The van der Waals surface area contributed by atoms with Crippen molar-refractivity contribution in [1.29, 1.82) is 0 Å². The number of carbonyl (C=O) groups is 2. The monoisotopic (exact) mass is 464 g/mol. The minimum Gasteiger partial charge on any atom is -0.462 e. The van der Waals surface area contributed by atoms with Crippen LogP contribution in [-0.4, -0.2) is 51.6 Å². The zero-order valence-corrected chi connectivity index (χ0v) is 17.2. The smallest absolute Gasteiger partial charge is 0.339 e. The third-order valence-electron chi connectivity index (χ3n) is 3.74. The number of hydrogen-bond donors (Lipinski definition) is 0. The molecule has 0 amide bonds. The van der Waals surface area contributed by atoms with Crippen LogP contribution in [0.5, 0.6) is 0 Å². The maximum Gasteiger partial charge on any atom is 0.339 e. The van der Waals surface area contributed by atoms with Gasteiger partial charge >= 0.3 is 11.9 Å². The molecule has 0 heterocycles. The summed E-state index contributed by atoms with van der Waals surface area (Å²) in [5, 5.41) is 0. The number of methoxy groups -OCH3 is 2. The van der Waals surface area contributed by atoms with Crippen LogP contribution in [-0.2, 0) is 18.9 Å². The largest absolute Gasteiger partial charge is 0.462 e. The highest BCUT2D eigenvalue weighted by molar-refractivity contribution is 14.1. The maximum absolute atomic E-state index is 12.3. The number of ether oxygens (including phenoxy) is 4. The molecule has 0 aromatic heterocycles. The summed E-state index contributed by atoms with van der Waals surface area (Å²) in [6.07, 6.45) is 1.16. The summed E-state index contributed by atoms with van der Waals surface area (Å²) in [4.78, 5) is 24.6. The van der Waals surface area contributed by atoms with E-state index in [1.54, 1.807) is 32.4 Å².